The lowest BCUT2D eigenvalue weighted by Gasteiger charge is -1.97. The van der Waals surface area contributed by atoms with Gasteiger partial charge in [-0.1, -0.05) is 0 Å². The van der Waals surface area contributed by atoms with Crippen LogP contribution in [0.15, 0.2) is 0 Å². The fourth-order valence-electron chi connectivity index (χ4n) is 1.23. The number of fused-ring (bicyclic) bond motifs is 1. The van der Waals surface area contributed by atoms with Crippen molar-refractivity contribution in [2.45, 2.75) is 31.2 Å². The summed E-state index contributed by atoms with van der Waals surface area (Å²) in [4.78, 5) is 0. The highest BCUT2D eigenvalue weighted by Crippen LogP contribution is 2.38. The van der Waals surface area contributed by atoms with E-state index >= 15 is 0 Å². The summed E-state index contributed by atoms with van der Waals surface area (Å²) in [5.74, 6) is 0. The van der Waals surface area contributed by atoms with Gasteiger partial charge in [-0.2, -0.15) is 0 Å². The van der Waals surface area contributed by atoms with E-state index in [-0.39, 0.29) is 6.10 Å². The second-order valence-electron chi connectivity index (χ2n) is 2.34. The zero-order valence-corrected chi connectivity index (χ0v) is 4.00. The zero-order chi connectivity index (χ0) is 4.85. The average Bonchev–Trinajstić information content (AvgIpc) is 2.15. The van der Waals surface area contributed by atoms with Crippen LogP contribution >= 0.6 is 0 Å². The molecule has 40 valence electrons. The van der Waals surface area contributed by atoms with Crippen molar-refractivity contribution in [2.24, 2.45) is 0 Å². The van der Waals surface area contributed by atoms with E-state index in [2.05, 4.69) is 0 Å². The summed E-state index contributed by atoms with van der Waals surface area (Å²) in [6, 6.07) is 0. The van der Waals surface area contributed by atoms with Crippen molar-refractivity contribution in [3.63, 3.8) is 0 Å². The van der Waals surface area contributed by atoms with Crippen LogP contribution in [0.1, 0.15) is 12.8 Å². The van der Waals surface area contributed by atoms with E-state index in [0.717, 1.165) is 12.8 Å². The number of ether oxygens (including phenoxy) is 1. The second-order valence-corrected chi connectivity index (χ2v) is 2.34. The molecule has 2 fully saturated rings. The van der Waals surface area contributed by atoms with Crippen molar-refractivity contribution in [2.75, 3.05) is 0 Å². The highest BCUT2D eigenvalue weighted by Gasteiger charge is 2.47. The Kier molecular flexibility index (Phi) is 0.557. The summed E-state index contributed by atoms with van der Waals surface area (Å²) < 4.78 is 5.06. The largest absolute Gasteiger partial charge is 0.393 e. The maximum atomic E-state index is 8.85. The SMILES string of the molecule is OC1CC2O[C@H]2C1. The van der Waals surface area contributed by atoms with Gasteiger partial charge in [0.15, 0.2) is 0 Å². The van der Waals surface area contributed by atoms with Crippen LogP contribution in [0.2, 0.25) is 0 Å². The third-order valence-electron chi connectivity index (χ3n) is 1.70. The summed E-state index contributed by atoms with van der Waals surface area (Å²) in [7, 11) is 0. The smallest absolute Gasteiger partial charge is 0.0867 e. The molecular weight excluding hydrogens is 92.1 g/mol. The van der Waals surface area contributed by atoms with Gasteiger partial charge in [-0.3, -0.25) is 0 Å². The van der Waals surface area contributed by atoms with Gasteiger partial charge in [-0.25, -0.2) is 0 Å². The van der Waals surface area contributed by atoms with Crippen LogP contribution in [0, 0.1) is 0 Å². The number of aliphatic hydroxyl groups is 1. The lowest BCUT2D eigenvalue weighted by atomic mass is 10.3. The molecule has 0 radical (unpaired) electrons. The lowest BCUT2D eigenvalue weighted by molar-refractivity contribution is 0.129. The lowest BCUT2D eigenvalue weighted by Crippen LogP contribution is -2.02. The first-order chi connectivity index (χ1) is 3.36. The van der Waals surface area contributed by atoms with E-state index in [9.17, 15) is 0 Å². The van der Waals surface area contributed by atoms with Crippen LogP contribution in [0.25, 0.3) is 0 Å². The van der Waals surface area contributed by atoms with Crippen LogP contribution in [-0.4, -0.2) is 23.4 Å². The summed E-state index contributed by atoms with van der Waals surface area (Å²) in [6.45, 7) is 0. The minimum Gasteiger partial charge on any atom is -0.393 e. The van der Waals surface area contributed by atoms with Crippen LogP contribution in [0.5, 0.6) is 0 Å². The standard InChI is InChI=1S/C5H8O2/c6-3-1-4-5(2-3)7-4/h3-6H,1-2H2/t3?,4-,5?/m0/s1. The van der Waals surface area contributed by atoms with Gasteiger partial charge in [0.25, 0.3) is 0 Å². The number of epoxide rings is 1. The third kappa shape index (κ3) is 0.469. The summed E-state index contributed by atoms with van der Waals surface area (Å²) in [5.41, 5.74) is 0. The molecular formula is C5H8O2. The first-order valence-electron chi connectivity index (χ1n) is 2.70. The molecule has 2 rings (SSSR count). The Morgan fingerprint density at radius 3 is 2.14 bits per heavy atom. The molecule has 2 heteroatoms. The molecule has 0 amide bonds. The van der Waals surface area contributed by atoms with E-state index in [0.29, 0.717) is 12.2 Å². The fourth-order valence-corrected chi connectivity index (χ4v) is 1.23. The van der Waals surface area contributed by atoms with E-state index in [1.165, 1.54) is 0 Å². The van der Waals surface area contributed by atoms with Gasteiger partial charge in [0, 0.05) is 12.8 Å². The topological polar surface area (TPSA) is 32.8 Å². The highest BCUT2D eigenvalue weighted by atomic mass is 16.6. The average molecular weight is 100 g/mol. The maximum absolute atomic E-state index is 8.85. The molecule has 7 heavy (non-hydrogen) atoms. The molecule has 0 bridgehead atoms. The maximum Gasteiger partial charge on any atom is 0.0867 e. The number of rotatable bonds is 0. The quantitative estimate of drug-likeness (QED) is 0.431. The minimum absolute atomic E-state index is 0.0521. The Hall–Kier alpha value is -0.0800. The molecule has 0 aromatic heterocycles. The molecule has 3 atom stereocenters. The molecule has 0 aromatic carbocycles. The van der Waals surface area contributed by atoms with E-state index < -0.39 is 0 Å². The molecule has 1 aliphatic carbocycles. The minimum atomic E-state index is -0.0521. The molecule has 1 aliphatic heterocycles. The number of aliphatic hydroxyl groups excluding tert-OH is 1. The Bertz CT molecular complexity index is 82.1. The van der Waals surface area contributed by atoms with Gasteiger partial charge < -0.3 is 9.84 Å². The van der Waals surface area contributed by atoms with Crippen LogP contribution < -0.4 is 0 Å². The van der Waals surface area contributed by atoms with Gasteiger partial charge >= 0.3 is 0 Å². The molecule has 1 N–H and O–H groups in total. The van der Waals surface area contributed by atoms with Gasteiger partial charge in [0.05, 0.1) is 18.3 Å². The van der Waals surface area contributed by atoms with Crippen molar-refractivity contribution in [3.8, 4) is 0 Å². The van der Waals surface area contributed by atoms with Gasteiger partial charge in [-0.15, -0.1) is 0 Å². The first-order valence-corrected chi connectivity index (χ1v) is 2.70. The van der Waals surface area contributed by atoms with Crippen molar-refractivity contribution in [3.05, 3.63) is 0 Å². The van der Waals surface area contributed by atoms with E-state index in [4.69, 9.17) is 9.84 Å². The zero-order valence-electron chi connectivity index (χ0n) is 4.00. The molecule has 1 saturated carbocycles. The highest BCUT2D eigenvalue weighted by molar-refractivity contribution is 4.95. The Morgan fingerprint density at radius 2 is 1.86 bits per heavy atom. The van der Waals surface area contributed by atoms with Crippen molar-refractivity contribution >= 4 is 0 Å². The molecule has 2 unspecified atom stereocenters. The number of hydrogen-bond acceptors (Lipinski definition) is 2. The predicted molar refractivity (Wildman–Crippen MR) is 23.9 cm³/mol. The van der Waals surface area contributed by atoms with Crippen molar-refractivity contribution < 1.29 is 9.84 Å². The molecule has 1 saturated heterocycles. The van der Waals surface area contributed by atoms with E-state index in [1.54, 1.807) is 0 Å². The second kappa shape index (κ2) is 1.01. The van der Waals surface area contributed by atoms with Gasteiger partial charge in [0.2, 0.25) is 0 Å². The summed E-state index contributed by atoms with van der Waals surface area (Å²) in [5, 5.41) is 8.85. The van der Waals surface area contributed by atoms with Crippen LogP contribution in [0.4, 0.5) is 0 Å². The first kappa shape index (κ1) is 3.87. The van der Waals surface area contributed by atoms with Crippen LogP contribution in [-0.2, 0) is 4.74 Å². The summed E-state index contributed by atoms with van der Waals surface area (Å²) in [6.07, 6.45) is 2.59. The number of hydrogen-bond donors (Lipinski definition) is 1. The van der Waals surface area contributed by atoms with Gasteiger partial charge in [-0.05, 0) is 0 Å². The Balaban J connectivity index is 2.02. The third-order valence-corrected chi connectivity index (χ3v) is 1.70. The van der Waals surface area contributed by atoms with Crippen molar-refractivity contribution in [1.29, 1.82) is 0 Å². The van der Waals surface area contributed by atoms with E-state index in [1.807, 2.05) is 0 Å². The fraction of sp³-hybridized carbons (Fsp3) is 1.00. The van der Waals surface area contributed by atoms with Gasteiger partial charge in [0.1, 0.15) is 0 Å². The normalized spacial score (nSPS) is 57.0. The molecule has 0 spiro atoms. The molecule has 2 aliphatic rings. The Morgan fingerprint density at radius 1 is 1.29 bits per heavy atom. The Labute approximate surface area is 42.1 Å². The van der Waals surface area contributed by atoms with Crippen molar-refractivity contribution in [1.82, 2.24) is 0 Å². The monoisotopic (exact) mass is 100 g/mol. The molecule has 0 aromatic rings. The predicted octanol–water partition coefficient (Wildman–Crippen LogP) is -0.0915. The van der Waals surface area contributed by atoms with Crippen LogP contribution in [0.3, 0.4) is 0 Å². The summed E-state index contributed by atoms with van der Waals surface area (Å²) >= 11 is 0. The molecule has 2 nitrogen and oxygen atoms in total. The molecule has 1 heterocycles.